The molecule has 0 unspecified atom stereocenters. The first-order valence-electron chi connectivity index (χ1n) is 8.07. The molecule has 0 fully saturated rings. The fraction of sp³-hybridized carbons (Fsp3) is 0.278. The van der Waals surface area contributed by atoms with Crippen LogP contribution in [0.1, 0.15) is 23.3 Å². The Morgan fingerprint density at radius 3 is 2.88 bits per heavy atom. The lowest BCUT2D eigenvalue weighted by atomic mass is 10.2. The van der Waals surface area contributed by atoms with Crippen molar-refractivity contribution in [2.45, 2.75) is 31.0 Å². The monoisotopic (exact) mass is 372 g/mol. The van der Waals surface area contributed by atoms with Crippen molar-refractivity contribution in [3.8, 4) is 0 Å². The standard InChI is InChI=1S/C18H16N2O3S2/c21-14(22)10-25-18-19-16-15(12-7-4-8-13(12)23-16)17(24)20(18)9-11-5-2-1-3-6-11/h1-3,5-6H,4,7-10H2,(H,21,22). The lowest BCUT2D eigenvalue weighted by Crippen LogP contribution is -2.10. The van der Waals surface area contributed by atoms with Crippen molar-refractivity contribution >= 4 is 41.0 Å². The summed E-state index contributed by atoms with van der Waals surface area (Å²) in [4.78, 5) is 15.6. The zero-order valence-corrected chi connectivity index (χ0v) is 15.0. The number of rotatable bonds is 5. The molecule has 1 aliphatic rings. The SMILES string of the molecule is O=C(O)CSc1nc2oc3c(c2c(=S)n1Cc1ccccc1)CCC3. The van der Waals surface area contributed by atoms with Crippen molar-refractivity contribution in [3.05, 3.63) is 51.9 Å². The summed E-state index contributed by atoms with van der Waals surface area (Å²) in [6.07, 6.45) is 2.95. The molecule has 0 amide bonds. The number of fused-ring (bicyclic) bond motifs is 3. The molecule has 7 heteroatoms. The number of hydrogen-bond donors (Lipinski definition) is 1. The van der Waals surface area contributed by atoms with Gasteiger partial charge in [0.1, 0.15) is 10.4 Å². The van der Waals surface area contributed by atoms with Crippen LogP contribution in [0, 0.1) is 4.64 Å². The number of aliphatic carboxylic acids is 1. The van der Waals surface area contributed by atoms with Gasteiger partial charge in [-0.25, -0.2) is 0 Å². The second-order valence-corrected chi connectivity index (χ2v) is 7.32. The summed E-state index contributed by atoms with van der Waals surface area (Å²) in [5, 5.41) is 10.5. The molecule has 5 nitrogen and oxygen atoms in total. The number of carboxylic acid groups (broad SMARTS) is 1. The van der Waals surface area contributed by atoms with Crippen molar-refractivity contribution in [2.75, 3.05) is 5.75 Å². The zero-order valence-electron chi connectivity index (χ0n) is 13.4. The Bertz CT molecular complexity index is 1010. The van der Waals surface area contributed by atoms with Crippen LogP contribution < -0.4 is 0 Å². The average Bonchev–Trinajstić information content (AvgIpc) is 3.17. The molecule has 128 valence electrons. The smallest absolute Gasteiger partial charge is 0.313 e. The highest BCUT2D eigenvalue weighted by molar-refractivity contribution is 7.99. The number of nitrogens with zero attached hydrogens (tertiary/aromatic N) is 2. The minimum atomic E-state index is -0.883. The van der Waals surface area contributed by atoms with Gasteiger partial charge in [0.2, 0.25) is 5.71 Å². The minimum Gasteiger partial charge on any atom is -0.481 e. The molecule has 4 rings (SSSR count). The normalized spacial score (nSPS) is 13.3. The van der Waals surface area contributed by atoms with Crippen LogP contribution in [-0.4, -0.2) is 26.4 Å². The molecule has 2 aromatic heterocycles. The fourth-order valence-electron chi connectivity index (χ4n) is 3.20. The quantitative estimate of drug-likeness (QED) is 0.414. The number of benzene rings is 1. The van der Waals surface area contributed by atoms with Gasteiger partial charge in [0, 0.05) is 12.0 Å². The predicted octanol–water partition coefficient (Wildman–Crippen LogP) is 4.07. The van der Waals surface area contributed by atoms with Crippen LogP contribution in [-0.2, 0) is 24.2 Å². The summed E-state index contributed by atoms with van der Waals surface area (Å²) in [5.41, 5.74) is 2.80. The van der Waals surface area contributed by atoms with Crippen LogP contribution in [0.3, 0.4) is 0 Å². The van der Waals surface area contributed by atoms with E-state index in [-0.39, 0.29) is 5.75 Å². The number of furan rings is 1. The van der Waals surface area contributed by atoms with Crippen molar-refractivity contribution < 1.29 is 14.3 Å². The highest BCUT2D eigenvalue weighted by atomic mass is 32.2. The van der Waals surface area contributed by atoms with E-state index < -0.39 is 5.97 Å². The van der Waals surface area contributed by atoms with E-state index in [1.54, 1.807) is 0 Å². The number of hydrogen-bond acceptors (Lipinski definition) is 5. The van der Waals surface area contributed by atoms with E-state index in [0.29, 0.717) is 22.1 Å². The molecule has 1 N–H and O–H groups in total. The Balaban J connectivity index is 1.86. The molecule has 0 aliphatic heterocycles. The van der Waals surface area contributed by atoms with E-state index in [9.17, 15) is 4.79 Å². The van der Waals surface area contributed by atoms with Crippen LogP contribution in [0.25, 0.3) is 11.1 Å². The van der Waals surface area contributed by atoms with Gasteiger partial charge in [-0.2, -0.15) is 4.98 Å². The van der Waals surface area contributed by atoms with Crippen molar-refractivity contribution in [2.24, 2.45) is 0 Å². The third-order valence-corrected chi connectivity index (χ3v) is 5.68. The summed E-state index contributed by atoms with van der Waals surface area (Å²) in [5.74, 6) is 0.0222. The first kappa shape index (κ1) is 16.4. The van der Waals surface area contributed by atoms with Crippen molar-refractivity contribution in [3.63, 3.8) is 0 Å². The maximum Gasteiger partial charge on any atom is 0.313 e. The largest absolute Gasteiger partial charge is 0.481 e. The van der Waals surface area contributed by atoms with Gasteiger partial charge in [-0.15, -0.1) is 0 Å². The topological polar surface area (TPSA) is 68.3 Å². The summed E-state index contributed by atoms with van der Waals surface area (Å²) < 4.78 is 8.49. The van der Waals surface area contributed by atoms with E-state index in [2.05, 4.69) is 4.98 Å². The lowest BCUT2D eigenvalue weighted by molar-refractivity contribution is -0.133. The Labute approximate surface area is 153 Å². The summed E-state index contributed by atoms with van der Waals surface area (Å²) in [7, 11) is 0. The van der Waals surface area contributed by atoms with Gasteiger partial charge in [-0.3, -0.25) is 4.79 Å². The number of carbonyl (C=O) groups is 1. The van der Waals surface area contributed by atoms with Crippen molar-refractivity contribution in [1.29, 1.82) is 0 Å². The van der Waals surface area contributed by atoms with Crippen LogP contribution in [0.4, 0.5) is 0 Å². The van der Waals surface area contributed by atoms with Gasteiger partial charge in [-0.05, 0) is 18.4 Å². The molecule has 2 heterocycles. The van der Waals surface area contributed by atoms with Gasteiger partial charge in [0.05, 0.1) is 17.7 Å². The molecule has 25 heavy (non-hydrogen) atoms. The second-order valence-electron chi connectivity index (χ2n) is 5.99. The number of thioether (sulfide) groups is 1. The molecule has 0 bridgehead atoms. The number of aromatic nitrogens is 2. The van der Waals surface area contributed by atoms with Crippen molar-refractivity contribution in [1.82, 2.24) is 9.55 Å². The van der Waals surface area contributed by atoms with Crippen LogP contribution in [0.2, 0.25) is 0 Å². The molecular weight excluding hydrogens is 356 g/mol. The van der Waals surface area contributed by atoms with Gasteiger partial charge >= 0.3 is 5.97 Å². The molecule has 1 aliphatic carbocycles. The van der Waals surface area contributed by atoms with E-state index in [1.807, 2.05) is 34.9 Å². The fourth-order valence-corrected chi connectivity index (χ4v) is 4.33. The third kappa shape index (κ3) is 3.09. The predicted molar refractivity (Wildman–Crippen MR) is 98.8 cm³/mol. The molecule has 3 aromatic rings. The average molecular weight is 372 g/mol. The number of aryl methyl sites for hydroxylation is 2. The number of carboxylic acids is 1. The maximum atomic E-state index is 11.0. The molecule has 0 atom stereocenters. The highest BCUT2D eigenvalue weighted by Gasteiger charge is 2.23. The minimum absolute atomic E-state index is 0.0670. The third-order valence-electron chi connectivity index (χ3n) is 4.30. The van der Waals surface area contributed by atoms with E-state index in [0.717, 1.165) is 36.0 Å². The first-order valence-corrected chi connectivity index (χ1v) is 9.46. The van der Waals surface area contributed by atoms with Gasteiger partial charge in [0.15, 0.2) is 5.16 Å². The zero-order chi connectivity index (χ0) is 17.4. The van der Waals surface area contributed by atoms with Gasteiger partial charge < -0.3 is 14.1 Å². The Kier molecular flexibility index (Phi) is 4.35. The van der Waals surface area contributed by atoms with E-state index in [4.69, 9.17) is 21.7 Å². The van der Waals surface area contributed by atoms with E-state index >= 15 is 0 Å². The molecule has 0 radical (unpaired) electrons. The molecule has 1 aromatic carbocycles. The Morgan fingerprint density at radius 2 is 2.12 bits per heavy atom. The molecular formula is C18H16N2O3S2. The van der Waals surface area contributed by atoms with Crippen LogP contribution >= 0.6 is 24.0 Å². The molecule has 0 saturated heterocycles. The maximum absolute atomic E-state index is 11.0. The molecule has 0 saturated carbocycles. The van der Waals surface area contributed by atoms with Gasteiger partial charge in [0.25, 0.3) is 0 Å². The summed E-state index contributed by atoms with van der Waals surface area (Å²) in [6.45, 7) is 0.560. The second kappa shape index (κ2) is 6.65. The lowest BCUT2D eigenvalue weighted by Gasteiger charge is -2.13. The van der Waals surface area contributed by atoms with Gasteiger partial charge in [-0.1, -0.05) is 54.3 Å². The van der Waals surface area contributed by atoms with Crippen LogP contribution in [0.5, 0.6) is 0 Å². The van der Waals surface area contributed by atoms with Crippen LogP contribution in [0.15, 0.2) is 39.9 Å². The summed E-state index contributed by atoms with van der Waals surface area (Å²) >= 11 is 6.93. The first-order chi connectivity index (χ1) is 12.1. The van der Waals surface area contributed by atoms with E-state index in [1.165, 1.54) is 17.3 Å². The molecule has 0 spiro atoms. The Hall–Kier alpha value is -2.12. The highest BCUT2D eigenvalue weighted by Crippen LogP contribution is 2.34. The summed E-state index contributed by atoms with van der Waals surface area (Å²) in [6, 6.07) is 9.97. The Morgan fingerprint density at radius 1 is 1.32 bits per heavy atom.